The van der Waals surface area contributed by atoms with Crippen LogP contribution in [0.5, 0.6) is 0 Å². The van der Waals surface area contributed by atoms with Gasteiger partial charge in [-0.25, -0.2) is 0 Å². The summed E-state index contributed by atoms with van der Waals surface area (Å²) in [6, 6.07) is 0. The van der Waals surface area contributed by atoms with Crippen molar-refractivity contribution >= 4 is 0 Å². The van der Waals surface area contributed by atoms with Gasteiger partial charge in [-0.15, -0.1) is 0 Å². The molecular weight excluding hydrogens is 146 g/mol. The van der Waals surface area contributed by atoms with Crippen molar-refractivity contribution in [2.45, 2.75) is 33.8 Å². The monoisotopic (exact) mass is 169 g/mol. The highest BCUT2D eigenvalue weighted by Gasteiger charge is 1.81. The van der Waals surface area contributed by atoms with E-state index in [0.29, 0.717) is 12.5 Å². The smallest absolute Gasteiger partial charge is 0.0483 e. The zero-order chi connectivity index (χ0) is 7.86. The first-order chi connectivity index (χ1) is 4.00. The fraction of sp³-hybridized carbons (Fsp3) is 1.00. The SMILES string of the molecule is CC(C)CO.CC(C)O.N.O. The van der Waals surface area contributed by atoms with Gasteiger partial charge in [-0.1, -0.05) is 13.8 Å². The van der Waals surface area contributed by atoms with Crippen molar-refractivity contribution < 1.29 is 15.7 Å². The van der Waals surface area contributed by atoms with Gasteiger partial charge in [-0.05, 0) is 19.8 Å². The second kappa shape index (κ2) is 16.4. The molecule has 0 spiro atoms. The molecule has 0 heterocycles. The van der Waals surface area contributed by atoms with Gasteiger partial charge in [0.05, 0.1) is 0 Å². The summed E-state index contributed by atoms with van der Waals surface area (Å²) in [6.45, 7) is 7.69. The van der Waals surface area contributed by atoms with Crippen LogP contribution in [0.3, 0.4) is 0 Å². The Hall–Kier alpha value is -0.160. The van der Waals surface area contributed by atoms with E-state index in [4.69, 9.17) is 10.2 Å². The molecule has 4 heteroatoms. The Bertz CT molecular complexity index is 46.2. The largest absolute Gasteiger partial charge is 0.412 e. The first-order valence-electron chi connectivity index (χ1n) is 3.29. The Kier molecular flexibility index (Phi) is 33.5. The van der Waals surface area contributed by atoms with Gasteiger partial charge in [-0.2, -0.15) is 0 Å². The molecule has 0 aromatic rings. The molecule has 4 nitrogen and oxygen atoms in total. The maximum absolute atomic E-state index is 8.14. The summed E-state index contributed by atoms with van der Waals surface area (Å²) in [6.07, 6.45) is -0.167. The molecule has 11 heavy (non-hydrogen) atoms. The van der Waals surface area contributed by atoms with E-state index in [2.05, 4.69) is 0 Å². The molecule has 0 fully saturated rings. The van der Waals surface area contributed by atoms with E-state index in [9.17, 15) is 0 Å². The Morgan fingerprint density at radius 2 is 1.18 bits per heavy atom. The Labute approximate surface area is 69.1 Å². The molecule has 0 amide bonds. The van der Waals surface area contributed by atoms with Crippen LogP contribution < -0.4 is 6.15 Å². The number of aliphatic hydroxyl groups excluding tert-OH is 2. The van der Waals surface area contributed by atoms with E-state index in [1.807, 2.05) is 13.8 Å². The second-order valence-electron chi connectivity index (χ2n) is 2.67. The maximum Gasteiger partial charge on any atom is 0.0483 e. The van der Waals surface area contributed by atoms with Crippen molar-refractivity contribution in [3.05, 3.63) is 0 Å². The topological polar surface area (TPSA) is 107 Å². The molecule has 0 rings (SSSR count). The lowest BCUT2D eigenvalue weighted by molar-refractivity contribution is 0.216. The molecule has 0 aliphatic heterocycles. The maximum atomic E-state index is 8.14. The molecular formula is C7H23NO3. The summed E-state index contributed by atoms with van der Waals surface area (Å²) in [5.41, 5.74) is 0. The number of hydrogen-bond donors (Lipinski definition) is 3. The van der Waals surface area contributed by atoms with Crippen LogP contribution in [0, 0.1) is 5.92 Å². The van der Waals surface area contributed by atoms with Crippen LogP contribution >= 0.6 is 0 Å². The fourth-order valence-electron chi connectivity index (χ4n) is 0. The summed E-state index contributed by atoms with van der Waals surface area (Å²) < 4.78 is 0. The van der Waals surface area contributed by atoms with Gasteiger partial charge in [0.15, 0.2) is 0 Å². The molecule has 0 aromatic heterocycles. The summed E-state index contributed by atoms with van der Waals surface area (Å²) in [5, 5.41) is 16.2. The molecule has 0 atom stereocenters. The van der Waals surface area contributed by atoms with Gasteiger partial charge in [0, 0.05) is 12.7 Å². The van der Waals surface area contributed by atoms with Crippen molar-refractivity contribution in [1.29, 1.82) is 0 Å². The van der Waals surface area contributed by atoms with Crippen molar-refractivity contribution in [1.82, 2.24) is 6.15 Å². The predicted octanol–water partition coefficient (Wildman–Crippen LogP) is 0.359. The average Bonchev–Trinajstić information content (AvgIpc) is 1.65. The first-order valence-corrected chi connectivity index (χ1v) is 3.29. The second-order valence-corrected chi connectivity index (χ2v) is 2.67. The van der Waals surface area contributed by atoms with Crippen molar-refractivity contribution in [2.75, 3.05) is 6.61 Å². The number of rotatable bonds is 1. The lowest BCUT2D eigenvalue weighted by Crippen LogP contribution is -1.90. The van der Waals surface area contributed by atoms with E-state index in [-0.39, 0.29) is 17.7 Å². The normalized spacial score (nSPS) is 7.64. The molecule has 0 saturated carbocycles. The van der Waals surface area contributed by atoms with Gasteiger partial charge in [0.25, 0.3) is 0 Å². The van der Waals surface area contributed by atoms with Gasteiger partial charge in [0.2, 0.25) is 0 Å². The van der Waals surface area contributed by atoms with Crippen molar-refractivity contribution in [3.63, 3.8) is 0 Å². The van der Waals surface area contributed by atoms with Crippen LogP contribution in [0.25, 0.3) is 0 Å². The molecule has 7 N–H and O–H groups in total. The Morgan fingerprint density at radius 1 is 1.09 bits per heavy atom. The van der Waals surface area contributed by atoms with E-state index in [0.717, 1.165) is 0 Å². The summed E-state index contributed by atoms with van der Waals surface area (Å²) >= 11 is 0. The third-order valence-corrected chi connectivity index (χ3v) is 0.365. The van der Waals surface area contributed by atoms with Crippen LogP contribution in [0.2, 0.25) is 0 Å². The molecule has 0 aliphatic rings. The molecule has 0 radical (unpaired) electrons. The molecule has 0 bridgehead atoms. The summed E-state index contributed by atoms with van der Waals surface area (Å²) in [5.74, 6) is 0.440. The summed E-state index contributed by atoms with van der Waals surface area (Å²) in [7, 11) is 0. The highest BCUT2D eigenvalue weighted by atomic mass is 16.3. The highest BCUT2D eigenvalue weighted by Crippen LogP contribution is 1.83. The first kappa shape index (κ1) is 22.4. The van der Waals surface area contributed by atoms with Crippen molar-refractivity contribution in [3.8, 4) is 0 Å². The van der Waals surface area contributed by atoms with Crippen molar-refractivity contribution in [2.24, 2.45) is 5.92 Å². The van der Waals surface area contributed by atoms with Crippen LogP contribution in [-0.4, -0.2) is 28.4 Å². The van der Waals surface area contributed by atoms with E-state index in [1.54, 1.807) is 13.8 Å². The minimum absolute atomic E-state index is 0. The van der Waals surface area contributed by atoms with Crippen LogP contribution in [0.15, 0.2) is 0 Å². The van der Waals surface area contributed by atoms with Gasteiger partial charge in [-0.3, -0.25) is 0 Å². The van der Waals surface area contributed by atoms with Crippen LogP contribution in [0.4, 0.5) is 0 Å². The number of hydrogen-bond acceptors (Lipinski definition) is 3. The summed E-state index contributed by atoms with van der Waals surface area (Å²) in [4.78, 5) is 0. The van der Waals surface area contributed by atoms with Gasteiger partial charge < -0.3 is 21.8 Å². The van der Waals surface area contributed by atoms with E-state index in [1.165, 1.54) is 0 Å². The quantitative estimate of drug-likeness (QED) is 0.527. The third-order valence-electron chi connectivity index (χ3n) is 0.365. The lowest BCUT2D eigenvalue weighted by atomic mass is 10.2. The van der Waals surface area contributed by atoms with E-state index >= 15 is 0 Å². The minimum Gasteiger partial charge on any atom is -0.412 e. The molecule has 0 aliphatic carbocycles. The molecule has 0 aromatic carbocycles. The Balaban J connectivity index is -0.0000000383. The van der Waals surface area contributed by atoms with E-state index < -0.39 is 0 Å². The van der Waals surface area contributed by atoms with Crippen LogP contribution in [0.1, 0.15) is 27.7 Å². The average molecular weight is 169 g/mol. The molecule has 74 valence electrons. The minimum atomic E-state index is -0.167. The predicted molar refractivity (Wildman–Crippen MR) is 47.9 cm³/mol. The Morgan fingerprint density at radius 3 is 1.18 bits per heavy atom. The van der Waals surface area contributed by atoms with Gasteiger partial charge in [0.1, 0.15) is 0 Å². The standard InChI is InChI=1S/C4H10O.C3H8O.H3N.H2O/c1-4(2)3-5;1-3(2)4;;/h4-5H,3H2,1-2H3;3-4H,1-2H3;1H3;1H2. The fourth-order valence-corrected chi connectivity index (χ4v) is 0. The molecule has 0 unspecified atom stereocenters. The van der Waals surface area contributed by atoms with Gasteiger partial charge >= 0.3 is 0 Å². The zero-order valence-corrected chi connectivity index (χ0v) is 7.96. The molecule has 0 saturated heterocycles. The zero-order valence-electron chi connectivity index (χ0n) is 7.96. The number of aliphatic hydroxyl groups is 2. The highest BCUT2D eigenvalue weighted by molar-refractivity contribution is 4.32. The third kappa shape index (κ3) is 179. The van der Waals surface area contributed by atoms with Crippen LogP contribution in [-0.2, 0) is 0 Å². The lowest BCUT2D eigenvalue weighted by Gasteiger charge is -1.90.